The highest BCUT2D eigenvalue weighted by Crippen LogP contribution is 2.35. The van der Waals surface area contributed by atoms with E-state index in [2.05, 4.69) is 20.9 Å². The summed E-state index contributed by atoms with van der Waals surface area (Å²) in [7, 11) is 0. The van der Waals surface area contributed by atoms with Gasteiger partial charge in [0.15, 0.2) is 0 Å². The third-order valence-corrected chi connectivity index (χ3v) is 4.38. The van der Waals surface area contributed by atoms with Crippen LogP contribution in [0.4, 0.5) is 4.79 Å². The van der Waals surface area contributed by atoms with Crippen LogP contribution in [0.25, 0.3) is 0 Å². The second-order valence-electron chi connectivity index (χ2n) is 6.18. The lowest BCUT2D eigenvalue weighted by atomic mass is 9.87. The van der Waals surface area contributed by atoms with Gasteiger partial charge in [0.2, 0.25) is 5.91 Å². The molecule has 0 radical (unpaired) electrons. The molecule has 1 spiro atoms. The maximum Gasteiger partial charge on any atom is 0.321 e. The van der Waals surface area contributed by atoms with Crippen molar-refractivity contribution in [2.45, 2.75) is 31.7 Å². The predicted molar refractivity (Wildman–Crippen MR) is 70.7 cm³/mol. The molecule has 6 heteroatoms. The second-order valence-corrected chi connectivity index (χ2v) is 6.18. The van der Waals surface area contributed by atoms with Crippen molar-refractivity contribution in [1.29, 1.82) is 0 Å². The zero-order valence-electron chi connectivity index (χ0n) is 11.2. The van der Waals surface area contributed by atoms with Crippen molar-refractivity contribution in [3.8, 4) is 0 Å². The van der Waals surface area contributed by atoms with Crippen LogP contribution < -0.4 is 16.0 Å². The topological polar surface area (TPSA) is 73.5 Å². The maximum absolute atomic E-state index is 11.8. The number of rotatable bonds is 3. The summed E-state index contributed by atoms with van der Waals surface area (Å²) in [6.45, 7) is 4.41. The molecule has 106 valence electrons. The van der Waals surface area contributed by atoms with Gasteiger partial charge in [-0.25, -0.2) is 4.79 Å². The summed E-state index contributed by atoms with van der Waals surface area (Å²) >= 11 is 0. The van der Waals surface area contributed by atoms with E-state index in [0.717, 1.165) is 45.4 Å². The van der Waals surface area contributed by atoms with Crippen molar-refractivity contribution in [2.75, 3.05) is 32.7 Å². The highest BCUT2D eigenvalue weighted by atomic mass is 16.2. The Morgan fingerprint density at radius 2 is 2.16 bits per heavy atom. The normalized spacial score (nSPS) is 30.7. The zero-order chi connectivity index (χ0) is 13.3. The van der Waals surface area contributed by atoms with Gasteiger partial charge in [0.25, 0.3) is 0 Å². The minimum Gasteiger partial charge on any atom is -0.335 e. The number of amides is 3. The molecular formula is C13H22N4O2. The van der Waals surface area contributed by atoms with Crippen molar-refractivity contribution in [3.63, 3.8) is 0 Å². The predicted octanol–water partition coefficient (Wildman–Crippen LogP) is -0.340. The van der Waals surface area contributed by atoms with Crippen LogP contribution in [-0.2, 0) is 4.79 Å². The molecule has 3 fully saturated rings. The Balaban J connectivity index is 1.41. The summed E-state index contributed by atoms with van der Waals surface area (Å²) in [5.74, 6) is -0.193. The van der Waals surface area contributed by atoms with Gasteiger partial charge >= 0.3 is 6.03 Å². The summed E-state index contributed by atoms with van der Waals surface area (Å²) in [5, 5.41) is 8.57. The van der Waals surface area contributed by atoms with Gasteiger partial charge in [0.1, 0.15) is 0 Å². The Labute approximate surface area is 113 Å². The van der Waals surface area contributed by atoms with Crippen LogP contribution in [0.15, 0.2) is 0 Å². The second kappa shape index (κ2) is 5.09. The minimum absolute atomic E-state index is 0.193. The summed E-state index contributed by atoms with van der Waals surface area (Å²) in [6.07, 6.45) is 4.42. The van der Waals surface area contributed by atoms with E-state index < -0.39 is 0 Å². The van der Waals surface area contributed by atoms with E-state index >= 15 is 0 Å². The van der Waals surface area contributed by atoms with Crippen LogP contribution in [0.2, 0.25) is 0 Å². The van der Waals surface area contributed by atoms with E-state index in [1.807, 2.05) is 0 Å². The van der Waals surface area contributed by atoms with Crippen molar-refractivity contribution in [3.05, 3.63) is 0 Å². The van der Waals surface area contributed by atoms with Crippen molar-refractivity contribution >= 4 is 11.9 Å². The molecule has 3 N–H and O–H groups in total. The molecule has 1 unspecified atom stereocenters. The van der Waals surface area contributed by atoms with Gasteiger partial charge in [0, 0.05) is 19.1 Å². The molecule has 0 aromatic rings. The monoisotopic (exact) mass is 266 g/mol. The Kier molecular flexibility index (Phi) is 3.45. The lowest BCUT2D eigenvalue weighted by molar-refractivity contribution is -0.121. The summed E-state index contributed by atoms with van der Waals surface area (Å²) in [6, 6.07) is -0.0589. The standard InChI is InChI=1S/C13H22N4O2/c18-11(16-12(19)15-10-1-2-10)7-17-6-4-13(9-17)3-5-14-8-13/h10,14H,1-9H2,(H2,15,16,18,19). The van der Waals surface area contributed by atoms with Gasteiger partial charge in [-0.2, -0.15) is 0 Å². The zero-order valence-corrected chi connectivity index (χ0v) is 11.2. The fourth-order valence-electron chi connectivity index (χ4n) is 3.12. The Morgan fingerprint density at radius 1 is 1.32 bits per heavy atom. The van der Waals surface area contributed by atoms with E-state index in [0.29, 0.717) is 12.0 Å². The molecule has 2 saturated heterocycles. The molecule has 3 amide bonds. The van der Waals surface area contributed by atoms with Gasteiger partial charge in [-0.1, -0.05) is 0 Å². The molecule has 3 rings (SSSR count). The van der Waals surface area contributed by atoms with E-state index in [1.54, 1.807) is 0 Å². The number of carbonyl (C=O) groups excluding carboxylic acids is 2. The van der Waals surface area contributed by atoms with Crippen LogP contribution in [-0.4, -0.2) is 55.6 Å². The Hall–Kier alpha value is -1.14. The number of hydrogen-bond donors (Lipinski definition) is 3. The molecular weight excluding hydrogens is 244 g/mol. The molecule has 1 atom stereocenters. The number of carbonyl (C=O) groups is 2. The van der Waals surface area contributed by atoms with Crippen molar-refractivity contribution in [2.24, 2.45) is 5.41 Å². The third-order valence-electron chi connectivity index (χ3n) is 4.38. The molecule has 0 aromatic carbocycles. The molecule has 19 heavy (non-hydrogen) atoms. The quantitative estimate of drug-likeness (QED) is 0.653. The van der Waals surface area contributed by atoms with Crippen LogP contribution in [0, 0.1) is 5.41 Å². The first kappa shape index (κ1) is 12.9. The average Bonchev–Trinajstić information content (AvgIpc) is 2.90. The molecule has 2 heterocycles. The molecule has 3 aliphatic rings. The summed E-state index contributed by atoms with van der Waals surface area (Å²) < 4.78 is 0. The lowest BCUT2D eigenvalue weighted by Gasteiger charge is -2.22. The largest absolute Gasteiger partial charge is 0.335 e. The lowest BCUT2D eigenvalue weighted by Crippen LogP contribution is -2.45. The molecule has 1 aliphatic carbocycles. The number of urea groups is 1. The fourth-order valence-corrected chi connectivity index (χ4v) is 3.12. The van der Waals surface area contributed by atoms with E-state index in [1.165, 1.54) is 6.42 Å². The van der Waals surface area contributed by atoms with E-state index in [-0.39, 0.29) is 18.0 Å². The molecule has 1 saturated carbocycles. The van der Waals surface area contributed by atoms with E-state index in [9.17, 15) is 9.59 Å². The van der Waals surface area contributed by atoms with Crippen LogP contribution >= 0.6 is 0 Å². The molecule has 0 bridgehead atoms. The van der Waals surface area contributed by atoms with Gasteiger partial charge in [-0.3, -0.25) is 15.0 Å². The van der Waals surface area contributed by atoms with Crippen molar-refractivity contribution in [1.82, 2.24) is 20.9 Å². The van der Waals surface area contributed by atoms with Gasteiger partial charge in [-0.05, 0) is 44.2 Å². The van der Waals surface area contributed by atoms with Crippen LogP contribution in [0.1, 0.15) is 25.7 Å². The third kappa shape index (κ3) is 3.25. The SMILES string of the molecule is O=C(CN1CCC2(CCNC2)C1)NC(=O)NC1CC1. The Bertz CT molecular complexity index is 375. The number of hydrogen-bond acceptors (Lipinski definition) is 4. The number of likely N-dealkylation sites (tertiary alicyclic amines) is 1. The molecule has 2 aliphatic heterocycles. The first-order valence-corrected chi connectivity index (χ1v) is 7.19. The number of nitrogens with one attached hydrogen (secondary N) is 3. The first-order valence-electron chi connectivity index (χ1n) is 7.19. The molecule has 6 nitrogen and oxygen atoms in total. The molecule has 0 aromatic heterocycles. The summed E-state index contributed by atoms with van der Waals surface area (Å²) in [5.41, 5.74) is 0.372. The number of nitrogens with zero attached hydrogens (tertiary/aromatic N) is 1. The highest BCUT2D eigenvalue weighted by molar-refractivity contribution is 5.95. The van der Waals surface area contributed by atoms with Crippen molar-refractivity contribution < 1.29 is 9.59 Å². The maximum atomic E-state index is 11.8. The van der Waals surface area contributed by atoms with Gasteiger partial charge in [0.05, 0.1) is 6.54 Å². The summed E-state index contributed by atoms with van der Waals surface area (Å²) in [4.78, 5) is 25.4. The van der Waals surface area contributed by atoms with Crippen LogP contribution in [0.5, 0.6) is 0 Å². The minimum atomic E-state index is -0.344. The van der Waals surface area contributed by atoms with Gasteiger partial charge in [-0.15, -0.1) is 0 Å². The number of imide groups is 1. The first-order chi connectivity index (χ1) is 9.15. The Morgan fingerprint density at radius 3 is 2.84 bits per heavy atom. The van der Waals surface area contributed by atoms with Crippen LogP contribution in [0.3, 0.4) is 0 Å². The smallest absolute Gasteiger partial charge is 0.321 e. The highest BCUT2D eigenvalue weighted by Gasteiger charge is 2.40. The van der Waals surface area contributed by atoms with E-state index in [4.69, 9.17) is 0 Å². The fraction of sp³-hybridized carbons (Fsp3) is 0.846. The van der Waals surface area contributed by atoms with Gasteiger partial charge < -0.3 is 10.6 Å². The average molecular weight is 266 g/mol.